The molecule has 0 bridgehead atoms. The average Bonchev–Trinajstić information content (AvgIpc) is 2.86. The first-order chi connectivity index (χ1) is 8.91. The molecule has 0 fully saturated rings. The molecule has 0 radical (unpaired) electrons. The zero-order valence-electron chi connectivity index (χ0n) is 10.2. The van der Waals surface area contributed by atoms with E-state index in [-0.39, 0.29) is 6.04 Å². The minimum atomic E-state index is -4.34. The first kappa shape index (κ1) is 13.5. The van der Waals surface area contributed by atoms with Gasteiger partial charge in [0, 0.05) is 0 Å². The quantitative estimate of drug-likeness (QED) is 0.932. The fraction of sp³-hybridized carbons (Fsp3) is 0.333. The molecule has 1 heterocycles. The van der Waals surface area contributed by atoms with Gasteiger partial charge in [0.2, 0.25) is 0 Å². The number of rotatable bonds is 3. The smallest absolute Gasteiger partial charge is 0.323 e. The van der Waals surface area contributed by atoms with Crippen molar-refractivity contribution < 1.29 is 13.2 Å². The number of nitrogens with zero attached hydrogens (tertiary/aromatic N) is 3. The van der Waals surface area contributed by atoms with E-state index in [9.17, 15) is 13.2 Å². The van der Waals surface area contributed by atoms with Crippen molar-refractivity contribution >= 4 is 0 Å². The van der Waals surface area contributed by atoms with Crippen LogP contribution in [0.25, 0.3) is 5.69 Å². The lowest BCUT2D eigenvalue weighted by Crippen LogP contribution is -2.08. The second-order valence-electron chi connectivity index (χ2n) is 4.15. The predicted molar refractivity (Wildman–Crippen MR) is 63.6 cm³/mol. The Morgan fingerprint density at radius 1 is 1.26 bits per heavy atom. The van der Waals surface area contributed by atoms with Gasteiger partial charge in [0.05, 0.1) is 29.2 Å². The van der Waals surface area contributed by atoms with Crippen molar-refractivity contribution in [2.75, 3.05) is 0 Å². The van der Waals surface area contributed by atoms with Crippen LogP contribution in [0.3, 0.4) is 0 Å². The highest BCUT2D eigenvalue weighted by Crippen LogP contribution is 2.29. The van der Waals surface area contributed by atoms with Gasteiger partial charge in [-0.05, 0) is 30.7 Å². The van der Waals surface area contributed by atoms with Crippen molar-refractivity contribution in [3.8, 4) is 5.69 Å². The van der Waals surface area contributed by atoms with Crippen LogP contribution in [0.15, 0.2) is 30.5 Å². The fourth-order valence-corrected chi connectivity index (χ4v) is 1.59. The molecule has 0 aliphatic carbocycles. The van der Waals surface area contributed by atoms with Crippen molar-refractivity contribution in [3.05, 3.63) is 41.7 Å². The molecule has 0 saturated carbocycles. The van der Waals surface area contributed by atoms with Gasteiger partial charge in [-0.2, -0.15) is 13.2 Å². The van der Waals surface area contributed by atoms with Crippen LogP contribution in [-0.2, 0) is 6.18 Å². The number of benzene rings is 1. The summed E-state index contributed by atoms with van der Waals surface area (Å²) in [4.78, 5) is 0. The Morgan fingerprint density at radius 3 is 2.42 bits per heavy atom. The fourth-order valence-electron chi connectivity index (χ4n) is 1.59. The van der Waals surface area contributed by atoms with Gasteiger partial charge in [-0.3, -0.25) is 0 Å². The van der Waals surface area contributed by atoms with Crippen molar-refractivity contribution in [1.29, 1.82) is 0 Å². The Hall–Kier alpha value is -1.89. The van der Waals surface area contributed by atoms with Crippen LogP contribution in [0.4, 0.5) is 13.2 Å². The molecule has 0 aliphatic rings. The second kappa shape index (κ2) is 5.00. The minimum Gasteiger partial charge on any atom is -0.323 e. The van der Waals surface area contributed by atoms with Gasteiger partial charge >= 0.3 is 6.18 Å². The molecule has 1 atom stereocenters. The van der Waals surface area contributed by atoms with Crippen LogP contribution in [0, 0.1) is 0 Å². The summed E-state index contributed by atoms with van der Waals surface area (Å²) in [6, 6.07) is 4.49. The molecule has 1 aromatic heterocycles. The van der Waals surface area contributed by atoms with Crippen LogP contribution < -0.4 is 5.73 Å². The van der Waals surface area contributed by atoms with E-state index in [0.29, 0.717) is 17.8 Å². The highest BCUT2D eigenvalue weighted by Gasteiger charge is 2.30. The summed E-state index contributed by atoms with van der Waals surface area (Å²) < 4.78 is 38.7. The Balaban J connectivity index is 2.25. The van der Waals surface area contributed by atoms with Gasteiger partial charge in [0.1, 0.15) is 0 Å². The molecule has 0 aliphatic heterocycles. The molecular weight excluding hydrogens is 257 g/mol. The molecule has 1 aromatic carbocycles. The van der Waals surface area contributed by atoms with Crippen LogP contribution in [0.2, 0.25) is 0 Å². The first-order valence-electron chi connectivity index (χ1n) is 5.77. The lowest BCUT2D eigenvalue weighted by Gasteiger charge is -2.07. The van der Waals surface area contributed by atoms with Gasteiger partial charge in [0.15, 0.2) is 0 Å². The highest BCUT2D eigenvalue weighted by atomic mass is 19.4. The summed E-state index contributed by atoms with van der Waals surface area (Å²) in [7, 11) is 0. The maximum Gasteiger partial charge on any atom is 0.416 e. The van der Waals surface area contributed by atoms with Crippen molar-refractivity contribution in [1.82, 2.24) is 15.0 Å². The lowest BCUT2D eigenvalue weighted by atomic mass is 10.2. The normalized spacial score (nSPS) is 13.5. The zero-order chi connectivity index (χ0) is 14.0. The monoisotopic (exact) mass is 270 g/mol. The van der Waals surface area contributed by atoms with E-state index in [4.69, 9.17) is 5.73 Å². The summed E-state index contributed by atoms with van der Waals surface area (Å²) in [5.41, 5.74) is 6.23. The number of aromatic nitrogens is 3. The third kappa shape index (κ3) is 2.93. The summed E-state index contributed by atoms with van der Waals surface area (Å²) in [5, 5.41) is 7.75. The summed E-state index contributed by atoms with van der Waals surface area (Å²) >= 11 is 0. The largest absolute Gasteiger partial charge is 0.416 e. The predicted octanol–water partition coefficient (Wildman–Crippen LogP) is 2.70. The Kier molecular flexibility index (Phi) is 3.57. The molecule has 0 amide bonds. The first-order valence-corrected chi connectivity index (χ1v) is 5.77. The Bertz CT molecular complexity index is 545. The number of halogens is 3. The molecule has 2 N–H and O–H groups in total. The maximum absolute atomic E-state index is 12.4. The standard InChI is InChI=1S/C12H13F3N4/c1-2-10(16)11-7-19(18-17-11)9-5-3-8(4-6-9)12(13,14)15/h3-7,10H,2,16H2,1H3. The molecule has 7 heteroatoms. The van der Waals surface area contributed by atoms with Gasteiger partial charge in [-0.1, -0.05) is 12.1 Å². The van der Waals surface area contributed by atoms with Crippen LogP contribution in [0.5, 0.6) is 0 Å². The van der Waals surface area contributed by atoms with Crippen LogP contribution >= 0.6 is 0 Å². The van der Waals surface area contributed by atoms with Crippen molar-refractivity contribution in [2.45, 2.75) is 25.6 Å². The van der Waals surface area contributed by atoms with E-state index in [0.717, 1.165) is 12.1 Å². The van der Waals surface area contributed by atoms with Crippen molar-refractivity contribution in [2.24, 2.45) is 5.73 Å². The SMILES string of the molecule is CCC(N)c1cn(-c2ccc(C(F)(F)F)cc2)nn1. The molecule has 1 unspecified atom stereocenters. The minimum absolute atomic E-state index is 0.219. The number of alkyl halides is 3. The Morgan fingerprint density at radius 2 is 1.89 bits per heavy atom. The van der Waals surface area contributed by atoms with Crippen molar-refractivity contribution in [3.63, 3.8) is 0 Å². The summed E-state index contributed by atoms with van der Waals surface area (Å²) in [6.07, 6.45) is -2.00. The van der Waals surface area contributed by atoms with E-state index in [1.54, 1.807) is 6.20 Å². The molecule has 0 saturated heterocycles. The molecule has 0 spiro atoms. The van der Waals surface area contributed by atoms with Crippen LogP contribution in [-0.4, -0.2) is 15.0 Å². The van der Waals surface area contributed by atoms with Gasteiger partial charge in [0.25, 0.3) is 0 Å². The summed E-state index contributed by atoms with van der Waals surface area (Å²) in [5.74, 6) is 0. The third-order valence-electron chi connectivity index (χ3n) is 2.79. The lowest BCUT2D eigenvalue weighted by molar-refractivity contribution is -0.137. The van der Waals surface area contributed by atoms with Gasteiger partial charge < -0.3 is 5.73 Å². The van der Waals surface area contributed by atoms with Gasteiger partial charge in [-0.25, -0.2) is 4.68 Å². The molecule has 4 nitrogen and oxygen atoms in total. The highest BCUT2D eigenvalue weighted by molar-refractivity contribution is 5.35. The average molecular weight is 270 g/mol. The van der Waals surface area contributed by atoms with E-state index < -0.39 is 11.7 Å². The number of nitrogens with two attached hydrogens (primary N) is 1. The molecule has 2 rings (SSSR count). The molecule has 2 aromatic rings. The molecular formula is C12H13F3N4. The topological polar surface area (TPSA) is 56.7 Å². The number of hydrogen-bond donors (Lipinski definition) is 1. The second-order valence-corrected chi connectivity index (χ2v) is 4.15. The van der Waals surface area contributed by atoms with E-state index in [1.165, 1.54) is 16.8 Å². The molecule has 19 heavy (non-hydrogen) atoms. The maximum atomic E-state index is 12.4. The van der Waals surface area contributed by atoms with E-state index in [2.05, 4.69) is 10.3 Å². The third-order valence-corrected chi connectivity index (χ3v) is 2.79. The Labute approximate surface area is 108 Å². The molecule has 102 valence electrons. The number of hydrogen-bond acceptors (Lipinski definition) is 3. The van der Waals surface area contributed by atoms with Gasteiger partial charge in [-0.15, -0.1) is 5.10 Å². The van der Waals surface area contributed by atoms with E-state index in [1.807, 2.05) is 6.92 Å². The van der Waals surface area contributed by atoms with Crippen LogP contribution in [0.1, 0.15) is 30.6 Å². The summed E-state index contributed by atoms with van der Waals surface area (Å²) in [6.45, 7) is 1.92. The van der Waals surface area contributed by atoms with E-state index >= 15 is 0 Å². The zero-order valence-corrected chi connectivity index (χ0v) is 10.2.